The number of rotatable bonds is 3. The minimum atomic E-state index is 0.259. The Morgan fingerprint density at radius 3 is 2.52 bits per heavy atom. The first-order valence-electron chi connectivity index (χ1n) is 7.70. The molecular weight excluding hydrogens is 256 g/mol. The lowest BCUT2D eigenvalue weighted by molar-refractivity contribution is 0.420. The lowest BCUT2D eigenvalue weighted by Gasteiger charge is -2.31. The highest BCUT2D eigenvalue weighted by Crippen LogP contribution is 2.33. The lowest BCUT2D eigenvalue weighted by Crippen LogP contribution is -2.31. The van der Waals surface area contributed by atoms with Crippen molar-refractivity contribution in [2.75, 3.05) is 7.05 Å². The normalized spacial score (nSPS) is 17.9. The molecule has 21 heavy (non-hydrogen) atoms. The van der Waals surface area contributed by atoms with Crippen molar-refractivity contribution >= 4 is 5.84 Å². The highest BCUT2D eigenvalue weighted by atomic mass is 15.2. The summed E-state index contributed by atoms with van der Waals surface area (Å²) in [5, 5.41) is 0. The first kappa shape index (κ1) is 13.9. The molecule has 0 bridgehead atoms. The van der Waals surface area contributed by atoms with Crippen LogP contribution >= 0.6 is 0 Å². The Kier molecular flexibility index (Phi) is 4.05. The van der Waals surface area contributed by atoms with Crippen molar-refractivity contribution in [3.8, 4) is 0 Å². The standard InChI is InChI=1S/C19H22N2/c1-3-9-18-20-14-16-12-7-8-13-17(16)19(21(18)2)15-10-5-4-6-11-15/h4-8,10-13,19H,3,9,14H2,1-2H3. The van der Waals surface area contributed by atoms with Gasteiger partial charge in [0.2, 0.25) is 0 Å². The molecular formula is C19H22N2. The van der Waals surface area contributed by atoms with Gasteiger partial charge in [0, 0.05) is 13.5 Å². The zero-order chi connectivity index (χ0) is 14.7. The van der Waals surface area contributed by atoms with E-state index in [1.54, 1.807) is 0 Å². The van der Waals surface area contributed by atoms with Crippen LogP contribution in [0.15, 0.2) is 59.6 Å². The van der Waals surface area contributed by atoms with Gasteiger partial charge in [-0.25, -0.2) is 0 Å². The van der Waals surface area contributed by atoms with Crippen molar-refractivity contribution in [3.63, 3.8) is 0 Å². The Hall–Kier alpha value is -2.09. The molecule has 0 aliphatic carbocycles. The van der Waals surface area contributed by atoms with Crippen molar-refractivity contribution in [2.24, 2.45) is 4.99 Å². The van der Waals surface area contributed by atoms with Gasteiger partial charge < -0.3 is 4.90 Å². The van der Waals surface area contributed by atoms with Crippen molar-refractivity contribution in [1.29, 1.82) is 0 Å². The third-order valence-corrected chi connectivity index (χ3v) is 4.16. The van der Waals surface area contributed by atoms with Gasteiger partial charge in [0.25, 0.3) is 0 Å². The minimum absolute atomic E-state index is 0.259. The maximum Gasteiger partial charge on any atom is 0.0998 e. The fraction of sp³-hybridized carbons (Fsp3) is 0.316. The first-order chi connectivity index (χ1) is 10.3. The molecule has 0 N–H and O–H groups in total. The zero-order valence-corrected chi connectivity index (χ0v) is 12.8. The highest BCUT2D eigenvalue weighted by molar-refractivity contribution is 5.83. The zero-order valence-electron chi connectivity index (χ0n) is 12.8. The van der Waals surface area contributed by atoms with Gasteiger partial charge in [0.05, 0.1) is 18.4 Å². The molecule has 0 amide bonds. The van der Waals surface area contributed by atoms with E-state index in [-0.39, 0.29) is 6.04 Å². The summed E-state index contributed by atoms with van der Waals surface area (Å²) in [7, 11) is 2.17. The van der Waals surface area contributed by atoms with E-state index in [2.05, 4.69) is 73.5 Å². The van der Waals surface area contributed by atoms with Crippen LogP contribution in [-0.4, -0.2) is 17.8 Å². The summed E-state index contributed by atoms with van der Waals surface area (Å²) in [4.78, 5) is 7.21. The van der Waals surface area contributed by atoms with Crippen LogP contribution in [0.4, 0.5) is 0 Å². The van der Waals surface area contributed by atoms with Gasteiger partial charge in [-0.05, 0) is 23.1 Å². The number of fused-ring (bicyclic) bond motifs is 1. The molecule has 0 radical (unpaired) electrons. The summed E-state index contributed by atoms with van der Waals surface area (Å²) in [6.07, 6.45) is 2.16. The predicted octanol–water partition coefficient (Wildman–Crippen LogP) is 4.42. The van der Waals surface area contributed by atoms with Crippen LogP contribution < -0.4 is 0 Å². The van der Waals surface area contributed by atoms with Crippen LogP contribution in [0.3, 0.4) is 0 Å². The van der Waals surface area contributed by atoms with Crippen LogP contribution in [0, 0.1) is 0 Å². The Labute approximate surface area is 127 Å². The summed E-state index contributed by atoms with van der Waals surface area (Å²) >= 11 is 0. The number of amidine groups is 1. The third-order valence-electron chi connectivity index (χ3n) is 4.16. The summed E-state index contributed by atoms with van der Waals surface area (Å²) in [5.74, 6) is 1.21. The van der Waals surface area contributed by atoms with Gasteiger partial charge in [-0.15, -0.1) is 0 Å². The minimum Gasteiger partial charge on any atom is -0.352 e. The van der Waals surface area contributed by atoms with Crippen LogP contribution in [0.1, 0.15) is 42.5 Å². The van der Waals surface area contributed by atoms with Gasteiger partial charge in [-0.1, -0.05) is 61.5 Å². The summed E-state index contributed by atoms with van der Waals surface area (Å²) in [5.41, 5.74) is 4.04. The van der Waals surface area contributed by atoms with Gasteiger partial charge >= 0.3 is 0 Å². The third kappa shape index (κ3) is 2.71. The van der Waals surface area contributed by atoms with E-state index in [4.69, 9.17) is 4.99 Å². The van der Waals surface area contributed by atoms with Gasteiger partial charge in [-0.2, -0.15) is 0 Å². The molecule has 0 aromatic heterocycles. The number of benzene rings is 2. The maximum absolute atomic E-state index is 4.85. The second-order valence-electron chi connectivity index (χ2n) is 5.61. The molecule has 2 aromatic rings. The van der Waals surface area contributed by atoms with E-state index in [0.29, 0.717) is 0 Å². The molecule has 108 valence electrons. The fourth-order valence-corrected chi connectivity index (χ4v) is 3.11. The van der Waals surface area contributed by atoms with Crippen LogP contribution in [0.2, 0.25) is 0 Å². The molecule has 2 heteroatoms. The largest absolute Gasteiger partial charge is 0.352 e. The molecule has 1 unspecified atom stereocenters. The highest BCUT2D eigenvalue weighted by Gasteiger charge is 2.25. The van der Waals surface area contributed by atoms with Crippen LogP contribution in [-0.2, 0) is 6.54 Å². The van der Waals surface area contributed by atoms with Gasteiger partial charge in [-0.3, -0.25) is 4.99 Å². The van der Waals surface area contributed by atoms with E-state index >= 15 is 0 Å². The molecule has 2 aromatic carbocycles. The van der Waals surface area contributed by atoms with Gasteiger partial charge in [0.15, 0.2) is 0 Å². The molecule has 0 saturated carbocycles. The maximum atomic E-state index is 4.85. The van der Waals surface area contributed by atoms with Crippen molar-refractivity contribution in [2.45, 2.75) is 32.4 Å². The summed E-state index contributed by atoms with van der Waals surface area (Å²) in [6, 6.07) is 19.7. The SMILES string of the molecule is CCCC1=NCc2ccccc2C(c2ccccc2)N1C. The van der Waals surface area contributed by atoms with E-state index in [1.807, 2.05) is 0 Å². The smallest absolute Gasteiger partial charge is 0.0998 e. The van der Waals surface area contributed by atoms with Gasteiger partial charge in [0.1, 0.15) is 0 Å². The Bertz CT molecular complexity index is 631. The van der Waals surface area contributed by atoms with E-state index in [1.165, 1.54) is 22.5 Å². The average molecular weight is 278 g/mol. The molecule has 3 rings (SSSR count). The molecule has 1 heterocycles. The molecule has 0 saturated heterocycles. The van der Waals surface area contributed by atoms with E-state index in [0.717, 1.165) is 19.4 Å². The molecule has 1 aliphatic heterocycles. The number of aliphatic imine (C=N–C) groups is 1. The lowest BCUT2D eigenvalue weighted by atomic mass is 9.93. The number of hydrogen-bond acceptors (Lipinski definition) is 2. The Morgan fingerprint density at radius 2 is 1.76 bits per heavy atom. The van der Waals surface area contributed by atoms with Crippen molar-refractivity contribution in [1.82, 2.24) is 4.90 Å². The average Bonchev–Trinajstić information content (AvgIpc) is 2.66. The van der Waals surface area contributed by atoms with Crippen molar-refractivity contribution in [3.05, 3.63) is 71.3 Å². The second kappa shape index (κ2) is 6.13. The monoisotopic (exact) mass is 278 g/mol. The molecule has 2 nitrogen and oxygen atoms in total. The molecule has 1 aliphatic rings. The van der Waals surface area contributed by atoms with Crippen LogP contribution in [0.25, 0.3) is 0 Å². The summed E-state index contributed by atoms with van der Waals surface area (Å²) in [6.45, 7) is 3.01. The number of nitrogens with zero attached hydrogens (tertiary/aromatic N) is 2. The van der Waals surface area contributed by atoms with E-state index < -0.39 is 0 Å². The summed E-state index contributed by atoms with van der Waals surface area (Å²) < 4.78 is 0. The molecule has 1 atom stereocenters. The molecule has 0 spiro atoms. The fourth-order valence-electron chi connectivity index (χ4n) is 3.11. The Balaban J connectivity index is 2.11. The molecule has 0 fully saturated rings. The quantitative estimate of drug-likeness (QED) is 0.811. The number of hydrogen-bond donors (Lipinski definition) is 0. The van der Waals surface area contributed by atoms with E-state index in [9.17, 15) is 0 Å². The Morgan fingerprint density at radius 1 is 1.05 bits per heavy atom. The van der Waals surface area contributed by atoms with Crippen molar-refractivity contribution < 1.29 is 0 Å². The predicted molar refractivity (Wildman–Crippen MR) is 88.5 cm³/mol. The topological polar surface area (TPSA) is 15.6 Å². The van der Waals surface area contributed by atoms with Crippen LogP contribution in [0.5, 0.6) is 0 Å². The second-order valence-corrected chi connectivity index (χ2v) is 5.61. The first-order valence-corrected chi connectivity index (χ1v) is 7.70.